The van der Waals surface area contributed by atoms with E-state index in [2.05, 4.69) is 44.4 Å². The van der Waals surface area contributed by atoms with Crippen LogP contribution >= 0.6 is 15.9 Å². The zero-order valence-electron chi connectivity index (χ0n) is 11.1. The fourth-order valence-electron chi connectivity index (χ4n) is 2.02. The summed E-state index contributed by atoms with van der Waals surface area (Å²) in [5.41, 5.74) is 2.40. The SMILES string of the molecule is CNC(Cc1cccc(Br)c1)c1cncc(OC)c1. The molecule has 0 spiro atoms. The summed E-state index contributed by atoms with van der Waals surface area (Å²) in [6, 6.07) is 10.6. The molecule has 0 saturated carbocycles. The summed E-state index contributed by atoms with van der Waals surface area (Å²) in [5.74, 6) is 0.784. The molecule has 100 valence electrons. The van der Waals surface area contributed by atoms with Crippen LogP contribution < -0.4 is 10.1 Å². The first-order valence-corrected chi connectivity index (χ1v) is 6.93. The van der Waals surface area contributed by atoms with Crippen molar-refractivity contribution in [1.82, 2.24) is 10.3 Å². The highest BCUT2D eigenvalue weighted by Crippen LogP contribution is 2.22. The summed E-state index contributed by atoms with van der Waals surface area (Å²) in [6.07, 6.45) is 4.50. The molecule has 1 atom stereocenters. The normalized spacial score (nSPS) is 12.2. The maximum absolute atomic E-state index is 5.22. The number of nitrogens with one attached hydrogen (secondary N) is 1. The third kappa shape index (κ3) is 3.78. The van der Waals surface area contributed by atoms with Gasteiger partial charge in [-0.3, -0.25) is 4.98 Å². The van der Waals surface area contributed by atoms with Gasteiger partial charge in [0.1, 0.15) is 5.75 Å². The number of nitrogens with zero attached hydrogens (tertiary/aromatic N) is 1. The van der Waals surface area contributed by atoms with Crippen molar-refractivity contribution < 1.29 is 4.74 Å². The van der Waals surface area contributed by atoms with Crippen LogP contribution in [0.15, 0.2) is 47.2 Å². The monoisotopic (exact) mass is 320 g/mol. The fourth-order valence-corrected chi connectivity index (χ4v) is 2.47. The third-order valence-electron chi connectivity index (χ3n) is 3.05. The quantitative estimate of drug-likeness (QED) is 0.917. The number of halogens is 1. The second-order valence-corrected chi connectivity index (χ2v) is 5.25. The molecule has 0 amide bonds. The molecule has 1 unspecified atom stereocenters. The van der Waals surface area contributed by atoms with Crippen molar-refractivity contribution in [1.29, 1.82) is 0 Å². The Bertz CT molecular complexity index is 545. The summed E-state index contributed by atoms with van der Waals surface area (Å²) in [5, 5.41) is 3.33. The van der Waals surface area contributed by atoms with Gasteiger partial charge in [0.15, 0.2) is 0 Å². The number of hydrogen-bond donors (Lipinski definition) is 1. The van der Waals surface area contributed by atoms with E-state index in [9.17, 15) is 0 Å². The number of rotatable bonds is 5. The van der Waals surface area contributed by atoms with Crippen LogP contribution in [0, 0.1) is 0 Å². The van der Waals surface area contributed by atoms with Crippen molar-refractivity contribution in [2.75, 3.05) is 14.2 Å². The lowest BCUT2D eigenvalue weighted by Crippen LogP contribution is -2.19. The average Bonchev–Trinajstić information content (AvgIpc) is 2.45. The van der Waals surface area contributed by atoms with Gasteiger partial charge in [0.25, 0.3) is 0 Å². The fraction of sp³-hybridized carbons (Fsp3) is 0.267. The number of likely N-dealkylation sites (N-methyl/N-ethyl adjacent to an activating group) is 1. The Morgan fingerprint density at radius 1 is 1.32 bits per heavy atom. The molecule has 1 heterocycles. The van der Waals surface area contributed by atoms with Crippen molar-refractivity contribution >= 4 is 15.9 Å². The van der Waals surface area contributed by atoms with Crippen LogP contribution in [0.3, 0.4) is 0 Å². The lowest BCUT2D eigenvalue weighted by molar-refractivity contribution is 0.411. The summed E-state index contributed by atoms with van der Waals surface area (Å²) in [6.45, 7) is 0. The maximum Gasteiger partial charge on any atom is 0.137 e. The summed E-state index contributed by atoms with van der Waals surface area (Å²) < 4.78 is 6.32. The van der Waals surface area contributed by atoms with E-state index in [4.69, 9.17) is 4.74 Å². The van der Waals surface area contributed by atoms with Gasteiger partial charge in [-0.15, -0.1) is 0 Å². The minimum Gasteiger partial charge on any atom is -0.495 e. The van der Waals surface area contributed by atoms with Gasteiger partial charge in [-0.25, -0.2) is 0 Å². The van der Waals surface area contributed by atoms with Gasteiger partial charge in [-0.05, 0) is 42.8 Å². The predicted molar refractivity (Wildman–Crippen MR) is 80.4 cm³/mol. The zero-order valence-corrected chi connectivity index (χ0v) is 12.6. The van der Waals surface area contributed by atoms with E-state index in [1.165, 1.54) is 5.56 Å². The van der Waals surface area contributed by atoms with Gasteiger partial charge >= 0.3 is 0 Å². The average molecular weight is 321 g/mol. The number of ether oxygens (including phenoxy) is 1. The highest BCUT2D eigenvalue weighted by atomic mass is 79.9. The smallest absolute Gasteiger partial charge is 0.137 e. The van der Waals surface area contributed by atoms with Gasteiger partial charge < -0.3 is 10.1 Å². The molecule has 2 rings (SSSR count). The van der Waals surface area contributed by atoms with Gasteiger partial charge in [-0.1, -0.05) is 28.1 Å². The summed E-state index contributed by atoms with van der Waals surface area (Å²) in [7, 11) is 3.62. The Morgan fingerprint density at radius 2 is 2.16 bits per heavy atom. The zero-order chi connectivity index (χ0) is 13.7. The molecule has 1 aromatic heterocycles. The molecule has 1 N–H and O–H groups in total. The minimum absolute atomic E-state index is 0.219. The first-order chi connectivity index (χ1) is 9.22. The van der Waals surface area contributed by atoms with Gasteiger partial charge in [0.2, 0.25) is 0 Å². The van der Waals surface area contributed by atoms with Crippen LogP contribution in [0.25, 0.3) is 0 Å². The van der Waals surface area contributed by atoms with E-state index in [0.717, 1.165) is 22.2 Å². The van der Waals surface area contributed by atoms with Gasteiger partial charge in [0, 0.05) is 16.7 Å². The Balaban J connectivity index is 2.19. The van der Waals surface area contributed by atoms with E-state index in [1.807, 2.05) is 25.4 Å². The van der Waals surface area contributed by atoms with Crippen LogP contribution in [0.5, 0.6) is 5.75 Å². The number of methoxy groups -OCH3 is 1. The molecular weight excluding hydrogens is 304 g/mol. The highest BCUT2D eigenvalue weighted by Gasteiger charge is 2.11. The number of pyridine rings is 1. The molecule has 0 fully saturated rings. The first kappa shape index (κ1) is 14.0. The molecule has 0 aliphatic carbocycles. The molecule has 19 heavy (non-hydrogen) atoms. The lowest BCUT2D eigenvalue weighted by atomic mass is 10.0. The van der Waals surface area contributed by atoms with Crippen molar-refractivity contribution in [3.05, 3.63) is 58.3 Å². The van der Waals surface area contributed by atoms with E-state index in [-0.39, 0.29) is 6.04 Å². The molecule has 0 bridgehead atoms. The molecule has 3 nitrogen and oxygen atoms in total. The van der Waals surface area contributed by atoms with Crippen LogP contribution in [0.4, 0.5) is 0 Å². The second kappa shape index (κ2) is 6.68. The minimum atomic E-state index is 0.219. The molecule has 0 radical (unpaired) electrons. The first-order valence-electron chi connectivity index (χ1n) is 6.13. The maximum atomic E-state index is 5.22. The third-order valence-corrected chi connectivity index (χ3v) is 3.54. The molecular formula is C15H17BrN2O. The van der Waals surface area contributed by atoms with Crippen LogP contribution in [-0.2, 0) is 6.42 Å². The Kier molecular flexibility index (Phi) is 4.93. The Labute approximate surface area is 122 Å². The van der Waals surface area contributed by atoms with Crippen molar-refractivity contribution in [2.45, 2.75) is 12.5 Å². The molecule has 4 heteroatoms. The topological polar surface area (TPSA) is 34.2 Å². The van der Waals surface area contributed by atoms with Crippen LogP contribution in [-0.4, -0.2) is 19.1 Å². The van der Waals surface area contributed by atoms with Crippen molar-refractivity contribution in [2.24, 2.45) is 0 Å². The highest BCUT2D eigenvalue weighted by molar-refractivity contribution is 9.10. The number of aromatic nitrogens is 1. The standard InChI is InChI=1S/C15H17BrN2O/c1-17-15(7-11-4-3-5-13(16)6-11)12-8-14(19-2)10-18-9-12/h3-6,8-10,15,17H,7H2,1-2H3. The van der Waals surface area contributed by atoms with Gasteiger partial charge in [0.05, 0.1) is 13.3 Å². The van der Waals surface area contributed by atoms with E-state index >= 15 is 0 Å². The van der Waals surface area contributed by atoms with Gasteiger partial charge in [-0.2, -0.15) is 0 Å². The molecule has 0 aliphatic rings. The lowest BCUT2D eigenvalue weighted by Gasteiger charge is -2.17. The number of hydrogen-bond acceptors (Lipinski definition) is 3. The van der Waals surface area contributed by atoms with Crippen LogP contribution in [0.2, 0.25) is 0 Å². The summed E-state index contributed by atoms with van der Waals surface area (Å²) >= 11 is 3.50. The molecule has 2 aromatic rings. The van der Waals surface area contributed by atoms with Crippen LogP contribution in [0.1, 0.15) is 17.2 Å². The summed E-state index contributed by atoms with van der Waals surface area (Å²) in [4.78, 5) is 4.21. The van der Waals surface area contributed by atoms with E-state index in [1.54, 1.807) is 13.3 Å². The van der Waals surface area contributed by atoms with E-state index < -0.39 is 0 Å². The molecule has 1 aromatic carbocycles. The molecule has 0 saturated heterocycles. The Hall–Kier alpha value is -1.39. The van der Waals surface area contributed by atoms with Crippen molar-refractivity contribution in [3.8, 4) is 5.75 Å². The van der Waals surface area contributed by atoms with E-state index in [0.29, 0.717) is 0 Å². The predicted octanol–water partition coefficient (Wildman–Crippen LogP) is 3.36. The Morgan fingerprint density at radius 3 is 2.84 bits per heavy atom. The van der Waals surface area contributed by atoms with Crippen molar-refractivity contribution in [3.63, 3.8) is 0 Å². The molecule has 0 aliphatic heterocycles. The largest absolute Gasteiger partial charge is 0.495 e. The second-order valence-electron chi connectivity index (χ2n) is 4.33. The number of benzene rings is 1.